The Hall–Kier alpha value is -2.68. The lowest BCUT2D eigenvalue weighted by atomic mass is 10.1. The number of nitrogens with two attached hydrogens (primary N) is 1. The van der Waals surface area contributed by atoms with E-state index in [9.17, 15) is 44.5 Å². The second-order valence-electron chi connectivity index (χ2n) is 7.16. The van der Waals surface area contributed by atoms with E-state index in [4.69, 9.17) is 10.5 Å². The predicted octanol–water partition coefficient (Wildman–Crippen LogP) is 2.87. The van der Waals surface area contributed by atoms with Crippen LogP contribution >= 0.6 is 0 Å². The van der Waals surface area contributed by atoms with Crippen molar-refractivity contribution in [3.63, 3.8) is 0 Å². The van der Waals surface area contributed by atoms with Gasteiger partial charge in [-0.2, -0.15) is 22.0 Å². The van der Waals surface area contributed by atoms with Crippen molar-refractivity contribution in [3.05, 3.63) is 23.8 Å². The summed E-state index contributed by atoms with van der Waals surface area (Å²) in [6.07, 6.45) is -11.5. The molecule has 0 aliphatic carbocycles. The summed E-state index contributed by atoms with van der Waals surface area (Å²) in [6.45, 7) is 4.74. The second-order valence-corrected chi connectivity index (χ2v) is 8.61. The normalized spacial score (nSPS) is 14.0. The standard InChI is InChI=1S/C16H19F5N2O7S/c1-14(2,3)30-13(25)23(4)10-6-5-8(7-9(10)22)11(24)29-12(15(17,18)19)16(20,21)31(26,27)28/h5-7,12H,22H2,1-4H3,(H,26,27,28)/p-1. The summed E-state index contributed by atoms with van der Waals surface area (Å²) < 4.78 is 106. The van der Waals surface area contributed by atoms with Gasteiger partial charge in [-0.25, -0.2) is 18.0 Å². The molecular weight excluding hydrogens is 459 g/mol. The monoisotopic (exact) mass is 477 g/mol. The average Bonchev–Trinajstić information content (AvgIpc) is 2.54. The number of esters is 1. The third kappa shape index (κ3) is 6.40. The van der Waals surface area contributed by atoms with Crippen LogP contribution in [0.5, 0.6) is 0 Å². The van der Waals surface area contributed by atoms with Gasteiger partial charge in [0.05, 0.1) is 16.9 Å². The maximum atomic E-state index is 13.5. The molecule has 0 saturated carbocycles. The number of hydrogen-bond acceptors (Lipinski definition) is 8. The summed E-state index contributed by atoms with van der Waals surface area (Å²) in [4.78, 5) is 24.9. The average molecular weight is 477 g/mol. The quantitative estimate of drug-likeness (QED) is 0.296. The van der Waals surface area contributed by atoms with Gasteiger partial charge in [-0.05, 0) is 39.0 Å². The van der Waals surface area contributed by atoms with Crippen molar-refractivity contribution in [1.29, 1.82) is 0 Å². The van der Waals surface area contributed by atoms with Crippen LogP contribution in [0.3, 0.4) is 0 Å². The molecule has 9 nitrogen and oxygen atoms in total. The van der Waals surface area contributed by atoms with Gasteiger partial charge in [-0.1, -0.05) is 0 Å². The fourth-order valence-electron chi connectivity index (χ4n) is 2.05. The third-order valence-electron chi connectivity index (χ3n) is 3.45. The van der Waals surface area contributed by atoms with Crippen molar-refractivity contribution < 1.29 is 54.0 Å². The molecule has 0 bridgehead atoms. The molecule has 2 N–H and O–H groups in total. The predicted molar refractivity (Wildman–Crippen MR) is 95.4 cm³/mol. The van der Waals surface area contributed by atoms with Gasteiger partial charge in [0, 0.05) is 7.05 Å². The van der Waals surface area contributed by atoms with Gasteiger partial charge in [0.25, 0.3) is 6.10 Å². The second kappa shape index (κ2) is 8.45. The van der Waals surface area contributed by atoms with Crippen LogP contribution < -0.4 is 10.6 Å². The van der Waals surface area contributed by atoms with E-state index in [1.807, 2.05) is 0 Å². The van der Waals surface area contributed by atoms with E-state index in [2.05, 4.69) is 4.74 Å². The molecular formula is C16H18F5N2O7S-. The lowest BCUT2D eigenvalue weighted by molar-refractivity contribution is -0.248. The first kappa shape index (κ1) is 26.4. The van der Waals surface area contributed by atoms with Crippen molar-refractivity contribution in [3.8, 4) is 0 Å². The van der Waals surface area contributed by atoms with E-state index in [-0.39, 0.29) is 11.4 Å². The Bertz CT molecular complexity index is 958. The van der Waals surface area contributed by atoms with Gasteiger partial charge < -0.3 is 19.8 Å². The van der Waals surface area contributed by atoms with Crippen LogP contribution in [-0.4, -0.2) is 55.2 Å². The lowest BCUT2D eigenvalue weighted by Crippen LogP contribution is -2.52. The smallest absolute Gasteiger partial charge is 0.432 e. The van der Waals surface area contributed by atoms with Crippen LogP contribution in [0.1, 0.15) is 31.1 Å². The molecule has 1 atom stereocenters. The van der Waals surface area contributed by atoms with Crippen LogP contribution in [0.2, 0.25) is 0 Å². The summed E-state index contributed by atoms with van der Waals surface area (Å²) in [7, 11) is -5.59. The molecule has 176 valence electrons. The van der Waals surface area contributed by atoms with Crippen LogP contribution in [0.25, 0.3) is 0 Å². The third-order valence-corrected chi connectivity index (χ3v) is 4.33. The van der Waals surface area contributed by atoms with E-state index in [1.54, 1.807) is 20.8 Å². The highest BCUT2D eigenvalue weighted by Gasteiger charge is 2.63. The zero-order chi connectivity index (χ0) is 24.6. The number of amides is 1. The molecule has 0 aliphatic rings. The van der Waals surface area contributed by atoms with Gasteiger partial charge in [0.2, 0.25) is 0 Å². The number of nitrogens with zero attached hydrogens (tertiary/aromatic N) is 1. The van der Waals surface area contributed by atoms with E-state index in [0.717, 1.165) is 17.0 Å². The number of rotatable bonds is 5. The molecule has 0 radical (unpaired) electrons. The minimum absolute atomic E-state index is 0.0503. The van der Waals surface area contributed by atoms with Crippen molar-refractivity contribution in [2.24, 2.45) is 0 Å². The van der Waals surface area contributed by atoms with Crippen molar-refractivity contribution in [2.75, 3.05) is 17.7 Å². The van der Waals surface area contributed by atoms with Crippen molar-refractivity contribution in [2.45, 2.75) is 43.9 Å². The van der Waals surface area contributed by atoms with E-state index < -0.39 is 50.9 Å². The molecule has 1 rings (SSSR count). The highest BCUT2D eigenvalue weighted by molar-refractivity contribution is 7.86. The van der Waals surface area contributed by atoms with Crippen molar-refractivity contribution >= 4 is 33.6 Å². The molecule has 1 aromatic rings. The lowest BCUT2D eigenvalue weighted by Gasteiger charge is -2.29. The Kier molecular flexibility index (Phi) is 7.19. The minimum atomic E-state index is -6.83. The number of benzene rings is 1. The summed E-state index contributed by atoms with van der Waals surface area (Å²) in [5.41, 5.74) is 3.60. The van der Waals surface area contributed by atoms with Crippen LogP contribution in [0.4, 0.5) is 38.1 Å². The van der Waals surface area contributed by atoms with E-state index >= 15 is 0 Å². The summed E-state index contributed by atoms with van der Waals surface area (Å²) in [5.74, 6) is -2.04. The molecule has 0 aromatic heterocycles. The number of alkyl halides is 5. The van der Waals surface area contributed by atoms with Crippen molar-refractivity contribution in [1.82, 2.24) is 0 Å². The van der Waals surface area contributed by atoms with Crippen LogP contribution in [0.15, 0.2) is 18.2 Å². The molecule has 0 heterocycles. The topological polar surface area (TPSA) is 139 Å². The molecule has 0 fully saturated rings. The molecule has 0 spiro atoms. The Morgan fingerprint density at radius 1 is 1.13 bits per heavy atom. The number of carbonyl (C=O) groups excluding carboxylic acids is 2. The first-order valence-electron chi connectivity index (χ1n) is 8.15. The maximum absolute atomic E-state index is 13.5. The first-order valence-corrected chi connectivity index (χ1v) is 9.56. The Morgan fingerprint density at radius 3 is 2.03 bits per heavy atom. The van der Waals surface area contributed by atoms with Gasteiger partial charge in [0.15, 0.2) is 10.1 Å². The molecule has 31 heavy (non-hydrogen) atoms. The minimum Gasteiger partial charge on any atom is -0.743 e. The highest BCUT2D eigenvalue weighted by Crippen LogP contribution is 2.38. The fourth-order valence-corrected chi connectivity index (χ4v) is 2.49. The number of anilines is 2. The van der Waals surface area contributed by atoms with Gasteiger partial charge in [-0.3, -0.25) is 4.90 Å². The first-order chi connectivity index (χ1) is 13.7. The zero-order valence-corrected chi connectivity index (χ0v) is 17.3. The fraction of sp³-hybridized carbons (Fsp3) is 0.500. The number of carbonyl (C=O) groups is 2. The molecule has 1 amide bonds. The van der Waals surface area contributed by atoms with Crippen LogP contribution in [0, 0.1) is 0 Å². The summed E-state index contributed by atoms with van der Waals surface area (Å²) in [6, 6.07) is 2.48. The maximum Gasteiger partial charge on any atom is 0.432 e. The van der Waals surface area contributed by atoms with Gasteiger partial charge >= 0.3 is 23.5 Å². The molecule has 0 aliphatic heterocycles. The largest absolute Gasteiger partial charge is 0.743 e. The van der Waals surface area contributed by atoms with Gasteiger partial charge in [0.1, 0.15) is 5.60 Å². The number of halogens is 5. The molecule has 0 saturated heterocycles. The van der Waals surface area contributed by atoms with Gasteiger partial charge in [-0.15, -0.1) is 0 Å². The van der Waals surface area contributed by atoms with E-state index in [1.165, 1.54) is 7.05 Å². The Morgan fingerprint density at radius 2 is 1.65 bits per heavy atom. The molecule has 1 aromatic carbocycles. The number of ether oxygens (including phenoxy) is 2. The summed E-state index contributed by atoms with van der Waals surface area (Å²) >= 11 is 0. The summed E-state index contributed by atoms with van der Waals surface area (Å²) in [5, 5.41) is -5.98. The zero-order valence-electron chi connectivity index (χ0n) is 16.5. The Labute approximate surface area is 173 Å². The SMILES string of the molecule is CN(C(=O)OC(C)(C)C)c1ccc(C(=O)OC(C(F)(F)F)C(F)(F)S(=O)(=O)[O-])cc1N. The number of nitrogen functional groups attached to an aromatic ring is 1. The highest BCUT2D eigenvalue weighted by atomic mass is 32.2. The Balaban J connectivity index is 3.20. The molecule has 1 unspecified atom stereocenters. The van der Waals surface area contributed by atoms with Crippen LogP contribution in [-0.2, 0) is 19.6 Å². The number of hydrogen-bond donors (Lipinski definition) is 1. The van der Waals surface area contributed by atoms with E-state index in [0.29, 0.717) is 6.07 Å². The molecule has 15 heteroatoms.